The Balaban J connectivity index is 1.96. The number of halogens is 2. The summed E-state index contributed by atoms with van der Waals surface area (Å²) in [6, 6.07) is 3.46. The maximum Gasteiger partial charge on any atom is 0.394 e. The Labute approximate surface area is 130 Å². The number of fused-ring (bicyclic) bond motifs is 1. The fourth-order valence-electron chi connectivity index (χ4n) is 2.51. The van der Waals surface area contributed by atoms with Crippen molar-refractivity contribution in [2.75, 3.05) is 6.54 Å². The number of hydrogen-bond acceptors (Lipinski definition) is 3. The second-order valence-electron chi connectivity index (χ2n) is 4.96. The minimum Gasteiger partial charge on any atom is -0.326 e. The van der Waals surface area contributed by atoms with Gasteiger partial charge in [-0.2, -0.15) is 0 Å². The predicted molar refractivity (Wildman–Crippen MR) is 78.4 cm³/mol. The second kappa shape index (κ2) is 4.86. The third kappa shape index (κ3) is 2.10. The molecule has 106 valence electrons. The highest BCUT2D eigenvalue weighted by Gasteiger charge is 2.42. The highest BCUT2D eigenvalue weighted by molar-refractivity contribution is 7.10. The first-order valence-electron chi connectivity index (χ1n) is 6.13. The lowest BCUT2D eigenvalue weighted by Gasteiger charge is -2.30. The van der Waals surface area contributed by atoms with E-state index in [1.807, 2.05) is 11.4 Å². The summed E-state index contributed by atoms with van der Waals surface area (Å²) in [6.07, 6.45) is 0.696. The van der Waals surface area contributed by atoms with Crippen molar-refractivity contribution < 1.29 is 14.6 Å². The van der Waals surface area contributed by atoms with Crippen LogP contribution in [0.5, 0.6) is 0 Å². The van der Waals surface area contributed by atoms with E-state index in [1.54, 1.807) is 18.4 Å². The molecule has 0 saturated heterocycles. The molecule has 3 rings (SSSR count). The lowest BCUT2D eigenvalue weighted by Crippen LogP contribution is -2.52. The molecule has 0 spiro atoms. The van der Waals surface area contributed by atoms with Gasteiger partial charge >= 0.3 is 5.91 Å². The van der Waals surface area contributed by atoms with Crippen molar-refractivity contribution in [3.05, 3.63) is 43.8 Å². The summed E-state index contributed by atoms with van der Waals surface area (Å²) in [5, 5.41) is 13.3. The molecule has 0 bridgehead atoms. The van der Waals surface area contributed by atoms with Crippen molar-refractivity contribution in [2.24, 2.45) is 7.05 Å². The minimum atomic E-state index is -0.631. The molecule has 0 radical (unpaired) electrons. The van der Waals surface area contributed by atoms with Gasteiger partial charge in [0, 0.05) is 23.9 Å². The van der Waals surface area contributed by atoms with Crippen LogP contribution >= 0.6 is 34.5 Å². The van der Waals surface area contributed by atoms with Gasteiger partial charge in [0.25, 0.3) is 0 Å². The first kappa shape index (κ1) is 14.1. The molecular formula is C13H13Cl2N2O2S+. The number of hydroxylamine groups is 3. The molecular weight excluding hydrogens is 319 g/mol. The number of hydrogen-bond donors (Lipinski definition) is 1. The van der Waals surface area contributed by atoms with Crippen molar-refractivity contribution >= 4 is 40.4 Å². The topological polar surface area (TPSA) is 42.2 Å². The highest BCUT2D eigenvalue weighted by atomic mass is 35.5. The number of carbonyl (C=O) groups is 1. The van der Waals surface area contributed by atoms with Crippen LogP contribution in [0.15, 0.2) is 17.5 Å². The lowest BCUT2D eigenvalue weighted by atomic mass is 10.1. The maximum atomic E-state index is 12.6. The van der Waals surface area contributed by atoms with Gasteiger partial charge in [-0.1, -0.05) is 23.2 Å². The monoisotopic (exact) mass is 331 g/mol. The Morgan fingerprint density at radius 2 is 2.25 bits per heavy atom. The Kier molecular flexibility index (Phi) is 3.43. The Morgan fingerprint density at radius 3 is 2.90 bits per heavy atom. The molecule has 2 aromatic heterocycles. The van der Waals surface area contributed by atoms with E-state index in [4.69, 9.17) is 23.2 Å². The quantitative estimate of drug-likeness (QED) is 0.642. The van der Waals surface area contributed by atoms with Crippen LogP contribution in [0.3, 0.4) is 0 Å². The van der Waals surface area contributed by atoms with Crippen LogP contribution in [0.4, 0.5) is 0 Å². The summed E-state index contributed by atoms with van der Waals surface area (Å²) in [4.78, 5) is 13.9. The molecule has 1 N–H and O–H groups in total. The summed E-state index contributed by atoms with van der Waals surface area (Å²) in [5.74, 6) is -0.377. The first-order valence-corrected chi connectivity index (χ1v) is 7.76. The molecule has 1 aliphatic rings. The van der Waals surface area contributed by atoms with Gasteiger partial charge < -0.3 is 4.57 Å². The van der Waals surface area contributed by atoms with E-state index < -0.39 is 4.65 Å². The number of quaternary nitrogens is 1. The molecule has 3 heterocycles. The Hall–Kier alpha value is -0.850. The van der Waals surface area contributed by atoms with E-state index in [0.29, 0.717) is 28.8 Å². The van der Waals surface area contributed by atoms with E-state index in [9.17, 15) is 10.0 Å². The van der Waals surface area contributed by atoms with Crippen LogP contribution in [0.25, 0.3) is 0 Å². The summed E-state index contributed by atoms with van der Waals surface area (Å²) >= 11 is 13.6. The summed E-state index contributed by atoms with van der Waals surface area (Å²) in [7, 11) is 1.66. The molecule has 0 aliphatic carbocycles. The van der Waals surface area contributed by atoms with Crippen LogP contribution in [-0.2, 0) is 20.0 Å². The summed E-state index contributed by atoms with van der Waals surface area (Å²) in [5.41, 5.74) is 1.35. The van der Waals surface area contributed by atoms with Gasteiger partial charge in [0.1, 0.15) is 18.2 Å². The van der Waals surface area contributed by atoms with Crippen LogP contribution < -0.4 is 0 Å². The summed E-state index contributed by atoms with van der Waals surface area (Å²) in [6.45, 7) is 0.658. The molecule has 7 heteroatoms. The second-order valence-corrected chi connectivity index (χ2v) is 6.72. The maximum absolute atomic E-state index is 12.6. The van der Waals surface area contributed by atoms with Crippen molar-refractivity contribution in [3.63, 3.8) is 0 Å². The first-order chi connectivity index (χ1) is 9.42. The molecule has 1 atom stereocenters. The Morgan fingerprint density at radius 1 is 1.50 bits per heavy atom. The number of thiophene rings is 1. The number of rotatable bonds is 1. The Bertz CT molecular complexity index is 695. The highest BCUT2D eigenvalue weighted by Crippen LogP contribution is 2.31. The van der Waals surface area contributed by atoms with Crippen molar-refractivity contribution in [1.82, 2.24) is 4.57 Å². The number of carbonyl (C=O) groups excluding carboxylic acids is 1. The molecule has 20 heavy (non-hydrogen) atoms. The normalized spacial score (nSPS) is 21.8. The van der Waals surface area contributed by atoms with Crippen LogP contribution in [0.1, 0.15) is 20.9 Å². The van der Waals surface area contributed by atoms with E-state index in [0.717, 1.165) is 5.56 Å². The molecule has 1 aliphatic heterocycles. The minimum absolute atomic E-state index is 0.290. The fourth-order valence-corrected chi connectivity index (χ4v) is 3.77. The molecule has 1 unspecified atom stereocenters. The molecule has 2 aromatic rings. The van der Waals surface area contributed by atoms with Gasteiger partial charge in [-0.15, -0.1) is 16.0 Å². The van der Waals surface area contributed by atoms with Gasteiger partial charge in [0.2, 0.25) is 0 Å². The van der Waals surface area contributed by atoms with Gasteiger partial charge in [-0.3, -0.25) is 0 Å². The molecule has 0 saturated carbocycles. The molecule has 1 amide bonds. The third-order valence-electron chi connectivity index (χ3n) is 3.69. The van der Waals surface area contributed by atoms with Gasteiger partial charge in [-0.25, -0.2) is 10.0 Å². The third-order valence-corrected chi connectivity index (χ3v) is 5.56. The number of aromatic nitrogens is 1. The zero-order valence-corrected chi connectivity index (χ0v) is 13.1. The molecule has 0 fully saturated rings. The average molecular weight is 332 g/mol. The zero-order valence-electron chi connectivity index (χ0n) is 10.8. The zero-order chi connectivity index (χ0) is 14.5. The fraction of sp³-hybridized carbons (Fsp3) is 0.308. The number of amides is 1. The van der Waals surface area contributed by atoms with Crippen LogP contribution in [0, 0.1) is 0 Å². The smallest absolute Gasteiger partial charge is 0.326 e. The predicted octanol–water partition coefficient (Wildman–Crippen LogP) is 3.50. The van der Waals surface area contributed by atoms with E-state index in [2.05, 4.69) is 0 Å². The molecule has 0 aromatic carbocycles. The van der Waals surface area contributed by atoms with Crippen LogP contribution in [0.2, 0.25) is 10.2 Å². The van der Waals surface area contributed by atoms with Crippen molar-refractivity contribution in [1.29, 1.82) is 0 Å². The van der Waals surface area contributed by atoms with Crippen molar-refractivity contribution in [3.8, 4) is 0 Å². The lowest BCUT2D eigenvalue weighted by molar-refractivity contribution is -1.05. The van der Waals surface area contributed by atoms with Crippen LogP contribution in [-0.4, -0.2) is 26.9 Å². The van der Waals surface area contributed by atoms with E-state index in [1.165, 1.54) is 15.5 Å². The largest absolute Gasteiger partial charge is 0.394 e. The standard InChI is InChI=1S/C13H13Cl2N2O2S/c1-16-10(6-9(14)12(16)15)13(18)17(19)4-2-11-8(7-17)3-5-20-11/h3,5-6,19H,2,4,7H2,1H3/q+1. The average Bonchev–Trinajstić information content (AvgIpc) is 2.97. The van der Waals surface area contributed by atoms with E-state index in [-0.39, 0.29) is 12.5 Å². The van der Waals surface area contributed by atoms with Gasteiger partial charge in [0.15, 0.2) is 5.69 Å². The summed E-state index contributed by atoms with van der Waals surface area (Å²) < 4.78 is 0.875. The van der Waals surface area contributed by atoms with Gasteiger partial charge in [0.05, 0.1) is 5.02 Å². The molecule has 4 nitrogen and oxygen atoms in total. The number of nitrogens with zero attached hydrogens (tertiary/aromatic N) is 2. The SMILES string of the molecule is Cn1c(C(=O)[N+]2(O)CCc3sccc3C2)cc(Cl)c1Cl. The van der Waals surface area contributed by atoms with E-state index >= 15 is 0 Å². The van der Waals surface area contributed by atoms with Gasteiger partial charge in [-0.05, 0) is 17.5 Å². The van der Waals surface area contributed by atoms with Crippen molar-refractivity contribution in [2.45, 2.75) is 13.0 Å².